The number of nitrogens with zero attached hydrogens (tertiary/aromatic N) is 2. The lowest BCUT2D eigenvalue weighted by Gasteiger charge is -2.04. The molecule has 0 spiro atoms. The number of fused-ring (bicyclic) bond motifs is 1. The lowest BCUT2D eigenvalue weighted by atomic mass is 10.1. The molecule has 0 aliphatic heterocycles. The molecular formula is C12H14N2O3. The van der Waals surface area contributed by atoms with Gasteiger partial charge in [-0.25, -0.2) is 4.52 Å². The Balaban J connectivity index is 2.34. The molecule has 0 bridgehead atoms. The lowest BCUT2D eigenvalue weighted by molar-refractivity contribution is 0.0989. The highest BCUT2D eigenvalue weighted by atomic mass is 16.5. The summed E-state index contributed by atoms with van der Waals surface area (Å²) < 4.78 is 6.87. The average Bonchev–Trinajstić information content (AvgIpc) is 2.78. The lowest BCUT2D eigenvalue weighted by Crippen LogP contribution is -2.02. The Morgan fingerprint density at radius 2 is 2.35 bits per heavy atom. The number of pyridine rings is 1. The maximum Gasteiger partial charge on any atom is 0.166 e. The van der Waals surface area contributed by atoms with Crippen LogP contribution < -0.4 is 4.74 Å². The Labute approximate surface area is 98.6 Å². The first-order valence-corrected chi connectivity index (χ1v) is 5.50. The molecule has 0 radical (unpaired) electrons. The first-order valence-electron chi connectivity index (χ1n) is 5.50. The number of aliphatic hydroxyl groups excluding tert-OH is 1. The number of ketones is 1. The van der Waals surface area contributed by atoms with Crippen LogP contribution in [0.1, 0.15) is 23.7 Å². The van der Waals surface area contributed by atoms with Gasteiger partial charge in [0.1, 0.15) is 12.4 Å². The molecule has 2 aromatic rings. The summed E-state index contributed by atoms with van der Waals surface area (Å²) in [5.41, 5.74) is 1.40. The van der Waals surface area contributed by atoms with Crippen LogP contribution in [0.15, 0.2) is 24.5 Å². The van der Waals surface area contributed by atoms with Gasteiger partial charge in [-0.15, -0.1) is 0 Å². The molecule has 17 heavy (non-hydrogen) atoms. The molecule has 0 amide bonds. The molecule has 2 heterocycles. The molecular weight excluding hydrogens is 220 g/mol. The zero-order valence-corrected chi connectivity index (χ0v) is 9.59. The van der Waals surface area contributed by atoms with Gasteiger partial charge in [0, 0.05) is 6.42 Å². The quantitative estimate of drug-likeness (QED) is 0.792. The molecule has 0 saturated heterocycles. The number of carbonyl (C=O) groups excluding carboxylic acids is 1. The molecule has 90 valence electrons. The van der Waals surface area contributed by atoms with Crippen LogP contribution >= 0.6 is 0 Å². The van der Waals surface area contributed by atoms with Crippen LogP contribution in [0.25, 0.3) is 5.52 Å². The first-order chi connectivity index (χ1) is 8.26. The second-order valence-electron chi connectivity index (χ2n) is 3.60. The van der Waals surface area contributed by atoms with E-state index in [0.29, 0.717) is 17.7 Å². The van der Waals surface area contributed by atoms with E-state index >= 15 is 0 Å². The van der Waals surface area contributed by atoms with Gasteiger partial charge in [-0.3, -0.25) is 4.79 Å². The number of Topliss-reactive ketones (excluding diaryl/α,β-unsaturated/α-hetero) is 1. The van der Waals surface area contributed by atoms with Gasteiger partial charge in [0.15, 0.2) is 5.78 Å². The minimum Gasteiger partial charge on any atom is -0.490 e. The van der Waals surface area contributed by atoms with Crippen LogP contribution in [0.4, 0.5) is 0 Å². The zero-order chi connectivity index (χ0) is 12.3. The van der Waals surface area contributed by atoms with E-state index in [4.69, 9.17) is 9.84 Å². The van der Waals surface area contributed by atoms with Crippen LogP contribution in [-0.2, 0) is 0 Å². The summed E-state index contributed by atoms with van der Waals surface area (Å²) in [4.78, 5) is 11.6. The van der Waals surface area contributed by atoms with E-state index in [0.717, 1.165) is 5.52 Å². The molecule has 0 atom stereocenters. The minimum absolute atomic E-state index is 0.0310. The standard InChI is InChI=1S/C12H14N2O3/c1-2-12(16)10-7-13-14-8-9(17-6-5-15)3-4-11(10)14/h3-4,7-8,15H,2,5-6H2,1H3. The normalized spacial score (nSPS) is 10.7. The second-order valence-corrected chi connectivity index (χ2v) is 3.60. The van der Waals surface area contributed by atoms with Gasteiger partial charge in [-0.05, 0) is 12.1 Å². The van der Waals surface area contributed by atoms with Gasteiger partial charge < -0.3 is 9.84 Å². The maximum absolute atomic E-state index is 11.6. The summed E-state index contributed by atoms with van der Waals surface area (Å²) >= 11 is 0. The summed E-state index contributed by atoms with van der Waals surface area (Å²) in [7, 11) is 0. The van der Waals surface area contributed by atoms with Gasteiger partial charge >= 0.3 is 0 Å². The molecule has 0 saturated carbocycles. The van der Waals surface area contributed by atoms with Crippen molar-refractivity contribution in [3.05, 3.63) is 30.1 Å². The molecule has 0 unspecified atom stereocenters. The van der Waals surface area contributed by atoms with Gasteiger partial charge in [0.05, 0.1) is 30.1 Å². The molecule has 0 aliphatic rings. The van der Waals surface area contributed by atoms with E-state index < -0.39 is 0 Å². The van der Waals surface area contributed by atoms with E-state index in [1.165, 1.54) is 0 Å². The van der Waals surface area contributed by atoms with Crippen LogP contribution in [0, 0.1) is 0 Å². The molecule has 2 aromatic heterocycles. The van der Waals surface area contributed by atoms with Crippen molar-refractivity contribution in [1.29, 1.82) is 0 Å². The monoisotopic (exact) mass is 234 g/mol. The number of rotatable bonds is 5. The van der Waals surface area contributed by atoms with Crippen LogP contribution in [0.2, 0.25) is 0 Å². The number of ether oxygens (including phenoxy) is 1. The summed E-state index contributed by atoms with van der Waals surface area (Å²) in [6.45, 7) is 2.04. The molecule has 5 heteroatoms. The van der Waals surface area contributed by atoms with Crippen LogP contribution in [0.3, 0.4) is 0 Å². The van der Waals surface area contributed by atoms with Gasteiger partial charge in [0.25, 0.3) is 0 Å². The number of hydrogen-bond acceptors (Lipinski definition) is 4. The third-order valence-electron chi connectivity index (χ3n) is 2.47. The number of hydrogen-bond donors (Lipinski definition) is 1. The van der Waals surface area contributed by atoms with E-state index in [9.17, 15) is 4.79 Å². The number of aliphatic hydroxyl groups is 1. The fourth-order valence-electron chi connectivity index (χ4n) is 1.62. The van der Waals surface area contributed by atoms with Crippen molar-refractivity contribution >= 4 is 11.3 Å². The van der Waals surface area contributed by atoms with Crippen molar-refractivity contribution in [2.24, 2.45) is 0 Å². The fourth-order valence-corrected chi connectivity index (χ4v) is 1.62. The molecule has 0 aliphatic carbocycles. The minimum atomic E-state index is -0.0310. The van der Waals surface area contributed by atoms with E-state index in [1.807, 2.05) is 6.92 Å². The Kier molecular flexibility index (Phi) is 3.39. The maximum atomic E-state index is 11.6. The van der Waals surface area contributed by atoms with E-state index in [-0.39, 0.29) is 19.0 Å². The third kappa shape index (κ3) is 2.29. The molecule has 0 fully saturated rings. The van der Waals surface area contributed by atoms with Crippen LogP contribution in [-0.4, -0.2) is 33.7 Å². The predicted molar refractivity (Wildman–Crippen MR) is 62.4 cm³/mol. The SMILES string of the molecule is CCC(=O)c1cnn2cc(OCCO)ccc12. The highest BCUT2D eigenvalue weighted by molar-refractivity contribution is 6.01. The van der Waals surface area contributed by atoms with E-state index in [2.05, 4.69) is 5.10 Å². The molecule has 5 nitrogen and oxygen atoms in total. The van der Waals surface area contributed by atoms with E-state index in [1.54, 1.807) is 29.0 Å². The highest BCUT2D eigenvalue weighted by Crippen LogP contribution is 2.17. The van der Waals surface area contributed by atoms with Gasteiger partial charge in [-0.2, -0.15) is 5.10 Å². The molecule has 1 N–H and O–H groups in total. The Morgan fingerprint density at radius 1 is 1.53 bits per heavy atom. The largest absolute Gasteiger partial charge is 0.490 e. The highest BCUT2D eigenvalue weighted by Gasteiger charge is 2.10. The smallest absolute Gasteiger partial charge is 0.166 e. The average molecular weight is 234 g/mol. The summed E-state index contributed by atoms with van der Waals surface area (Å²) in [5.74, 6) is 0.689. The Hall–Kier alpha value is -1.88. The summed E-state index contributed by atoms with van der Waals surface area (Å²) in [6.07, 6.45) is 3.72. The molecule has 0 aromatic carbocycles. The van der Waals surface area contributed by atoms with Gasteiger partial charge in [-0.1, -0.05) is 6.92 Å². The van der Waals surface area contributed by atoms with Crippen molar-refractivity contribution in [1.82, 2.24) is 9.61 Å². The second kappa shape index (κ2) is 4.97. The van der Waals surface area contributed by atoms with Crippen molar-refractivity contribution in [3.8, 4) is 5.75 Å². The number of aromatic nitrogens is 2. The predicted octanol–water partition coefficient (Wildman–Crippen LogP) is 1.30. The topological polar surface area (TPSA) is 63.8 Å². The summed E-state index contributed by atoms with van der Waals surface area (Å²) in [6, 6.07) is 3.56. The van der Waals surface area contributed by atoms with Crippen molar-refractivity contribution in [2.75, 3.05) is 13.2 Å². The van der Waals surface area contributed by atoms with Crippen molar-refractivity contribution in [2.45, 2.75) is 13.3 Å². The van der Waals surface area contributed by atoms with Crippen LogP contribution in [0.5, 0.6) is 5.75 Å². The number of carbonyl (C=O) groups is 1. The summed E-state index contributed by atoms with van der Waals surface area (Å²) in [5, 5.41) is 12.8. The Bertz CT molecular complexity index is 534. The Morgan fingerprint density at radius 3 is 3.06 bits per heavy atom. The van der Waals surface area contributed by atoms with Crippen molar-refractivity contribution in [3.63, 3.8) is 0 Å². The third-order valence-corrected chi connectivity index (χ3v) is 2.47. The van der Waals surface area contributed by atoms with Crippen molar-refractivity contribution < 1.29 is 14.6 Å². The first kappa shape index (κ1) is 11.6. The fraction of sp³-hybridized carbons (Fsp3) is 0.333. The van der Waals surface area contributed by atoms with Gasteiger partial charge in [0.2, 0.25) is 0 Å². The molecule has 2 rings (SSSR count). The zero-order valence-electron chi connectivity index (χ0n) is 9.59.